The van der Waals surface area contributed by atoms with Crippen LogP contribution in [0.3, 0.4) is 0 Å². The summed E-state index contributed by atoms with van der Waals surface area (Å²) in [5, 5.41) is 15.8. The Hall–Kier alpha value is -2.71. The van der Waals surface area contributed by atoms with Crippen molar-refractivity contribution in [2.24, 2.45) is 0 Å². The Kier molecular flexibility index (Phi) is 6.44. The molecule has 30 heavy (non-hydrogen) atoms. The molecule has 1 saturated heterocycles. The first-order valence-corrected chi connectivity index (χ1v) is 11.1. The molecule has 0 radical (unpaired) electrons. The molecule has 1 atom stereocenters. The van der Waals surface area contributed by atoms with Crippen molar-refractivity contribution in [3.05, 3.63) is 65.2 Å². The van der Waals surface area contributed by atoms with Crippen molar-refractivity contribution < 1.29 is 4.79 Å². The Balaban J connectivity index is 1.29. The molecule has 0 saturated carbocycles. The number of nitrogens with one attached hydrogen (secondary N) is 1. The molecule has 1 aromatic heterocycles. The summed E-state index contributed by atoms with van der Waals surface area (Å²) in [4.78, 5) is 14.9. The summed E-state index contributed by atoms with van der Waals surface area (Å²) in [6.45, 7) is 6.91. The minimum absolute atomic E-state index is 0.0158. The van der Waals surface area contributed by atoms with Crippen LogP contribution in [-0.4, -0.2) is 55.9 Å². The molecule has 1 unspecified atom stereocenters. The number of likely N-dealkylation sites (tertiary alicyclic amines) is 1. The van der Waals surface area contributed by atoms with Crippen LogP contribution < -0.4 is 5.32 Å². The maximum absolute atomic E-state index is 12.5. The second-order valence-corrected chi connectivity index (χ2v) is 8.60. The van der Waals surface area contributed by atoms with Crippen LogP contribution in [0.15, 0.2) is 53.7 Å². The lowest BCUT2D eigenvalue weighted by Crippen LogP contribution is -2.38. The van der Waals surface area contributed by atoms with E-state index in [1.54, 1.807) is 4.68 Å². The van der Waals surface area contributed by atoms with Crippen LogP contribution in [0.25, 0.3) is 5.69 Å². The lowest BCUT2D eigenvalue weighted by molar-refractivity contribution is -0.119. The summed E-state index contributed by atoms with van der Waals surface area (Å²) in [6, 6.07) is 16.7. The molecule has 156 valence electrons. The van der Waals surface area contributed by atoms with Crippen molar-refractivity contribution in [1.29, 1.82) is 0 Å². The fourth-order valence-electron chi connectivity index (χ4n) is 3.72. The molecule has 1 aliphatic rings. The summed E-state index contributed by atoms with van der Waals surface area (Å²) in [7, 11) is 0. The standard InChI is InChI=1S/C22H26N6OS/c1-16-7-6-10-20(17(16)2)28-22(24-25-26-28)30-15-21(29)23-19-11-12-27(14-19)13-18-8-4-3-5-9-18/h3-10,19H,11-15H2,1-2H3,(H,23,29). The smallest absolute Gasteiger partial charge is 0.230 e. The van der Waals surface area contributed by atoms with Gasteiger partial charge < -0.3 is 5.32 Å². The van der Waals surface area contributed by atoms with Gasteiger partial charge in [0, 0.05) is 25.7 Å². The number of amides is 1. The molecule has 2 aromatic carbocycles. The third kappa shape index (κ3) is 4.88. The van der Waals surface area contributed by atoms with Crippen molar-refractivity contribution in [2.75, 3.05) is 18.8 Å². The molecule has 8 heteroatoms. The Morgan fingerprint density at radius 1 is 1.17 bits per heavy atom. The highest BCUT2D eigenvalue weighted by Crippen LogP contribution is 2.22. The number of hydrogen-bond donors (Lipinski definition) is 1. The highest BCUT2D eigenvalue weighted by atomic mass is 32.2. The van der Waals surface area contributed by atoms with E-state index in [1.165, 1.54) is 22.9 Å². The van der Waals surface area contributed by atoms with E-state index in [-0.39, 0.29) is 11.9 Å². The van der Waals surface area contributed by atoms with E-state index in [4.69, 9.17) is 0 Å². The molecule has 0 bridgehead atoms. The highest BCUT2D eigenvalue weighted by Gasteiger charge is 2.24. The van der Waals surface area contributed by atoms with Gasteiger partial charge in [0.05, 0.1) is 11.4 Å². The number of tetrazole rings is 1. The van der Waals surface area contributed by atoms with Crippen molar-refractivity contribution >= 4 is 17.7 Å². The number of nitrogens with zero attached hydrogens (tertiary/aromatic N) is 5. The molecule has 1 amide bonds. The quantitative estimate of drug-likeness (QED) is 0.590. The van der Waals surface area contributed by atoms with E-state index in [0.717, 1.165) is 37.3 Å². The van der Waals surface area contributed by atoms with Crippen molar-refractivity contribution in [2.45, 2.75) is 38.0 Å². The molecule has 2 heterocycles. The van der Waals surface area contributed by atoms with Crippen molar-refractivity contribution in [1.82, 2.24) is 30.4 Å². The predicted octanol–water partition coefficient (Wildman–Crippen LogP) is 2.76. The molecular formula is C22H26N6OS. The summed E-state index contributed by atoms with van der Waals surface area (Å²) in [5.41, 5.74) is 4.55. The number of aryl methyl sites for hydroxylation is 1. The minimum Gasteiger partial charge on any atom is -0.351 e. The first-order valence-electron chi connectivity index (χ1n) is 10.1. The van der Waals surface area contributed by atoms with Crippen LogP contribution in [0.5, 0.6) is 0 Å². The number of aromatic nitrogens is 4. The second kappa shape index (κ2) is 9.40. The Morgan fingerprint density at radius 3 is 2.83 bits per heavy atom. The zero-order valence-electron chi connectivity index (χ0n) is 17.3. The van der Waals surface area contributed by atoms with E-state index in [0.29, 0.717) is 10.9 Å². The molecule has 1 N–H and O–H groups in total. The topological polar surface area (TPSA) is 75.9 Å². The van der Waals surface area contributed by atoms with Crippen LogP contribution in [-0.2, 0) is 11.3 Å². The zero-order valence-corrected chi connectivity index (χ0v) is 18.1. The number of benzene rings is 2. The first-order chi connectivity index (χ1) is 14.6. The number of carbonyl (C=O) groups excluding carboxylic acids is 1. The van der Waals surface area contributed by atoms with E-state index >= 15 is 0 Å². The molecule has 0 spiro atoms. The van der Waals surface area contributed by atoms with Crippen LogP contribution in [0.1, 0.15) is 23.1 Å². The van der Waals surface area contributed by atoms with Crippen LogP contribution in [0.4, 0.5) is 0 Å². The van der Waals surface area contributed by atoms with E-state index < -0.39 is 0 Å². The molecule has 4 rings (SSSR count). The normalized spacial score (nSPS) is 16.7. The summed E-state index contributed by atoms with van der Waals surface area (Å²) < 4.78 is 1.71. The van der Waals surface area contributed by atoms with Gasteiger partial charge in [-0.2, -0.15) is 4.68 Å². The minimum atomic E-state index is 0.0158. The number of thioether (sulfide) groups is 1. The lowest BCUT2D eigenvalue weighted by atomic mass is 10.1. The predicted molar refractivity (Wildman–Crippen MR) is 118 cm³/mol. The van der Waals surface area contributed by atoms with E-state index in [2.05, 4.69) is 69.9 Å². The summed E-state index contributed by atoms with van der Waals surface area (Å²) >= 11 is 1.36. The van der Waals surface area contributed by atoms with Crippen molar-refractivity contribution in [3.63, 3.8) is 0 Å². The van der Waals surface area contributed by atoms with Gasteiger partial charge in [-0.25, -0.2) is 0 Å². The average Bonchev–Trinajstić information content (AvgIpc) is 3.39. The van der Waals surface area contributed by atoms with Gasteiger partial charge in [-0.15, -0.1) is 5.10 Å². The Bertz CT molecular complexity index is 1010. The first kappa shape index (κ1) is 20.6. The van der Waals surface area contributed by atoms with E-state index in [1.807, 2.05) is 18.2 Å². The number of carbonyl (C=O) groups is 1. The van der Waals surface area contributed by atoms with Crippen LogP contribution >= 0.6 is 11.8 Å². The molecule has 3 aromatic rings. The third-order valence-corrected chi connectivity index (χ3v) is 6.38. The molecule has 1 fully saturated rings. The Morgan fingerprint density at radius 2 is 2.00 bits per heavy atom. The monoisotopic (exact) mass is 422 g/mol. The van der Waals surface area contributed by atoms with Crippen LogP contribution in [0, 0.1) is 13.8 Å². The molecule has 7 nitrogen and oxygen atoms in total. The Labute approximate surface area is 180 Å². The van der Waals surface area contributed by atoms with Crippen LogP contribution in [0.2, 0.25) is 0 Å². The second-order valence-electron chi connectivity index (χ2n) is 7.65. The summed E-state index contributed by atoms with van der Waals surface area (Å²) in [5.74, 6) is 0.308. The lowest BCUT2D eigenvalue weighted by Gasteiger charge is -2.16. The maximum Gasteiger partial charge on any atom is 0.230 e. The van der Waals surface area contributed by atoms with Gasteiger partial charge in [0.2, 0.25) is 11.1 Å². The third-order valence-electron chi connectivity index (χ3n) is 5.46. The van der Waals surface area contributed by atoms with E-state index in [9.17, 15) is 4.79 Å². The van der Waals surface area contributed by atoms with Gasteiger partial charge in [-0.05, 0) is 53.5 Å². The average molecular weight is 423 g/mol. The molecular weight excluding hydrogens is 396 g/mol. The molecule has 1 aliphatic heterocycles. The summed E-state index contributed by atoms with van der Waals surface area (Å²) in [6.07, 6.45) is 0.976. The van der Waals surface area contributed by atoms with Gasteiger partial charge in [-0.1, -0.05) is 54.2 Å². The van der Waals surface area contributed by atoms with Crippen molar-refractivity contribution in [3.8, 4) is 5.69 Å². The molecule has 0 aliphatic carbocycles. The van der Waals surface area contributed by atoms with Gasteiger partial charge in [0.25, 0.3) is 0 Å². The SMILES string of the molecule is Cc1cccc(-n2nnnc2SCC(=O)NC2CCN(Cc3ccccc3)C2)c1C. The maximum atomic E-state index is 12.5. The van der Waals surface area contributed by atoms with Gasteiger partial charge in [0.15, 0.2) is 0 Å². The highest BCUT2D eigenvalue weighted by molar-refractivity contribution is 7.99. The van der Waals surface area contributed by atoms with Gasteiger partial charge in [0.1, 0.15) is 0 Å². The largest absolute Gasteiger partial charge is 0.351 e. The fourth-order valence-corrected chi connectivity index (χ4v) is 4.42. The zero-order chi connectivity index (χ0) is 20.9. The van der Waals surface area contributed by atoms with Gasteiger partial charge >= 0.3 is 0 Å². The number of hydrogen-bond acceptors (Lipinski definition) is 6. The fraction of sp³-hybridized carbons (Fsp3) is 0.364. The van der Waals surface area contributed by atoms with Gasteiger partial charge in [-0.3, -0.25) is 9.69 Å². The number of rotatable bonds is 7.